The number of ether oxygens (including phenoxy) is 2. The standard InChI is InChI=1S/C18H22N2O5S/c1-20(2)26(22,23)15-8-5-13(6-9-15)12-19-18(21)14-7-10-16(24-3)17(11-14)25-4/h5-11H,12H2,1-4H3,(H,19,21). The van der Waals surface area contributed by atoms with Crippen molar-refractivity contribution in [3.63, 3.8) is 0 Å². The predicted octanol–water partition coefficient (Wildman–Crippen LogP) is 1.88. The Morgan fingerprint density at radius 2 is 1.62 bits per heavy atom. The molecule has 1 amide bonds. The number of sulfonamides is 1. The van der Waals surface area contributed by atoms with E-state index in [0.717, 1.165) is 9.87 Å². The van der Waals surface area contributed by atoms with Gasteiger partial charge in [0.2, 0.25) is 10.0 Å². The first-order chi connectivity index (χ1) is 12.3. The topological polar surface area (TPSA) is 84.9 Å². The van der Waals surface area contributed by atoms with E-state index in [4.69, 9.17) is 9.47 Å². The van der Waals surface area contributed by atoms with Crippen molar-refractivity contribution in [3.05, 3.63) is 53.6 Å². The minimum absolute atomic E-state index is 0.206. The zero-order chi connectivity index (χ0) is 19.3. The molecule has 0 radical (unpaired) electrons. The van der Waals surface area contributed by atoms with Gasteiger partial charge in [-0.1, -0.05) is 12.1 Å². The minimum atomic E-state index is -3.46. The number of hydrogen-bond donors (Lipinski definition) is 1. The summed E-state index contributed by atoms with van der Waals surface area (Å²) in [6, 6.07) is 11.3. The monoisotopic (exact) mass is 378 g/mol. The number of benzene rings is 2. The molecule has 0 atom stereocenters. The molecular formula is C18H22N2O5S. The first kappa shape index (κ1) is 19.7. The number of hydrogen-bond acceptors (Lipinski definition) is 5. The summed E-state index contributed by atoms with van der Waals surface area (Å²) >= 11 is 0. The third kappa shape index (κ3) is 4.33. The lowest BCUT2D eigenvalue weighted by atomic mass is 10.1. The van der Waals surface area contributed by atoms with Crippen molar-refractivity contribution in [2.24, 2.45) is 0 Å². The number of methoxy groups -OCH3 is 2. The Hall–Kier alpha value is -2.58. The third-order valence-electron chi connectivity index (χ3n) is 3.80. The fraction of sp³-hybridized carbons (Fsp3) is 0.278. The van der Waals surface area contributed by atoms with Crippen LogP contribution in [0.15, 0.2) is 47.4 Å². The van der Waals surface area contributed by atoms with Crippen molar-refractivity contribution in [1.29, 1.82) is 0 Å². The van der Waals surface area contributed by atoms with Crippen molar-refractivity contribution in [1.82, 2.24) is 9.62 Å². The molecule has 0 spiro atoms. The second-order valence-corrected chi connectivity index (χ2v) is 7.84. The molecule has 8 heteroatoms. The summed E-state index contributed by atoms with van der Waals surface area (Å²) in [5.41, 5.74) is 1.23. The van der Waals surface area contributed by atoms with Crippen molar-refractivity contribution in [3.8, 4) is 11.5 Å². The Kier molecular flexibility index (Phi) is 6.23. The Morgan fingerprint density at radius 1 is 1.00 bits per heavy atom. The first-order valence-electron chi connectivity index (χ1n) is 7.81. The summed E-state index contributed by atoms with van der Waals surface area (Å²) < 4.78 is 35.6. The summed E-state index contributed by atoms with van der Waals surface area (Å²) in [4.78, 5) is 12.5. The first-order valence-corrected chi connectivity index (χ1v) is 9.25. The van der Waals surface area contributed by atoms with Gasteiger partial charge in [0.05, 0.1) is 19.1 Å². The molecule has 0 aliphatic heterocycles. The molecule has 0 aromatic heterocycles. The second kappa shape index (κ2) is 8.20. The number of rotatable bonds is 7. The maximum Gasteiger partial charge on any atom is 0.251 e. The summed E-state index contributed by atoms with van der Waals surface area (Å²) in [7, 11) is 2.52. The molecule has 0 bridgehead atoms. The molecule has 140 valence electrons. The van der Waals surface area contributed by atoms with Gasteiger partial charge >= 0.3 is 0 Å². The molecule has 0 saturated carbocycles. The highest BCUT2D eigenvalue weighted by atomic mass is 32.2. The minimum Gasteiger partial charge on any atom is -0.493 e. The Morgan fingerprint density at radius 3 is 2.15 bits per heavy atom. The number of carbonyl (C=O) groups excluding carboxylic acids is 1. The smallest absolute Gasteiger partial charge is 0.251 e. The van der Waals surface area contributed by atoms with E-state index in [9.17, 15) is 13.2 Å². The largest absolute Gasteiger partial charge is 0.493 e. The molecule has 26 heavy (non-hydrogen) atoms. The van der Waals surface area contributed by atoms with Gasteiger partial charge in [0.1, 0.15) is 0 Å². The summed E-state index contributed by atoms with van der Waals surface area (Å²) in [5, 5.41) is 2.79. The average molecular weight is 378 g/mol. The van der Waals surface area contributed by atoms with Crippen LogP contribution in [0.2, 0.25) is 0 Å². The maximum atomic E-state index is 12.3. The highest BCUT2D eigenvalue weighted by Crippen LogP contribution is 2.27. The molecule has 0 aliphatic carbocycles. The van der Waals surface area contributed by atoms with Gasteiger partial charge in [-0.05, 0) is 35.9 Å². The van der Waals surface area contributed by atoms with Gasteiger partial charge in [0, 0.05) is 26.2 Å². The van der Waals surface area contributed by atoms with Crippen molar-refractivity contribution >= 4 is 15.9 Å². The molecule has 2 rings (SSSR count). The van der Waals surface area contributed by atoms with Gasteiger partial charge in [0.25, 0.3) is 5.91 Å². The van der Waals surface area contributed by atoms with Crippen LogP contribution in [-0.4, -0.2) is 46.9 Å². The predicted molar refractivity (Wildman–Crippen MR) is 98.0 cm³/mol. The normalized spacial score (nSPS) is 11.3. The van der Waals surface area contributed by atoms with Crippen LogP contribution >= 0.6 is 0 Å². The second-order valence-electron chi connectivity index (χ2n) is 5.68. The van der Waals surface area contributed by atoms with Crippen molar-refractivity contribution < 1.29 is 22.7 Å². The van der Waals surface area contributed by atoms with Crippen LogP contribution in [0.4, 0.5) is 0 Å². The van der Waals surface area contributed by atoms with Gasteiger partial charge in [-0.15, -0.1) is 0 Å². The van der Waals surface area contributed by atoms with Crippen LogP contribution in [0.25, 0.3) is 0 Å². The lowest BCUT2D eigenvalue weighted by Crippen LogP contribution is -2.23. The number of nitrogens with one attached hydrogen (secondary N) is 1. The lowest BCUT2D eigenvalue weighted by Gasteiger charge is -2.12. The summed E-state index contributed by atoms with van der Waals surface area (Å²) in [6.07, 6.45) is 0. The lowest BCUT2D eigenvalue weighted by molar-refractivity contribution is 0.0950. The van der Waals surface area contributed by atoms with E-state index in [-0.39, 0.29) is 17.3 Å². The van der Waals surface area contributed by atoms with E-state index in [1.807, 2.05) is 0 Å². The highest BCUT2D eigenvalue weighted by Gasteiger charge is 2.16. The molecule has 2 aromatic rings. The van der Waals surface area contributed by atoms with Gasteiger partial charge in [0.15, 0.2) is 11.5 Å². The maximum absolute atomic E-state index is 12.3. The Bertz CT molecular complexity index is 877. The molecular weight excluding hydrogens is 356 g/mol. The number of nitrogens with zero attached hydrogens (tertiary/aromatic N) is 1. The quantitative estimate of drug-likeness (QED) is 0.795. The van der Waals surface area contributed by atoms with Gasteiger partial charge in [-0.3, -0.25) is 4.79 Å². The van der Waals surface area contributed by atoms with E-state index in [1.165, 1.54) is 40.4 Å². The Balaban J connectivity index is 2.06. The van der Waals surface area contributed by atoms with E-state index < -0.39 is 10.0 Å². The fourth-order valence-corrected chi connectivity index (χ4v) is 3.15. The SMILES string of the molecule is COc1ccc(C(=O)NCc2ccc(S(=O)(=O)N(C)C)cc2)cc1OC. The van der Waals surface area contributed by atoms with Crippen LogP contribution in [-0.2, 0) is 16.6 Å². The Labute approximate surface area is 153 Å². The zero-order valence-electron chi connectivity index (χ0n) is 15.1. The molecule has 0 fully saturated rings. The highest BCUT2D eigenvalue weighted by molar-refractivity contribution is 7.89. The molecule has 7 nitrogen and oxygen atoms in total. The molecule has 0 unspecified atom stereocenters. The third-order valence-corrected chi connectivity index (χ3v) is 5.63. The zero-order valence-corrected chi connectivity index (χ0v) is 16.0. The van der Waals surface area contributed by atoms with Crippen LogP contribution in [0.1, 0.15) is 15.9 Å². The molecule has 1 N–H and O–H groups in total. The number of amides is 1. The summed E-state index contributed by atoms with van der Waals surface area (Å²) in [6.45, 7) is 0.273. The van der Waals surface area contributed by atoms with E-state index in [1.54, 1.807) is 30.3 Å². The number of carbonyl (C=O) groups is 1. The van der Waals surface area contributed by atoms with Gasteiger partial charge in [-0.25, -0.2) is 12.7 Å². The van der Waals surface area contributed by atoms with Gasteiger partial charge < -0.3 is 14.8 Å². The van der Waals surface area contributed by atoms with E-state index in [2.05, 4.69) is 5.32 Å². The van der Waals surface area contributed by atoms with Crippen molar-refractivity contribution in [2.45, 2.75) is 11.4 Å². The fourth-order valence-electron chi connectivity index (χ4n) is 2.25. The van der Waals surface area contributed by atoms with Crippen LogP contribution in [0.3, 0.4) is 0 Å². The molecule has 0 heterocycles. The molecule has 0 saturated heterocycles. The van der Waals surface area contributed by atoms with E-state index in [0.29, 0.717) is 17.1 Å². The van der Waals surface area contributed by atoms with E-state index >= 15 is 0 Å². The van der Waals surface area contributed by atoms with Crippen LogP contribution in [0.5, 0.6) is 11.5 Å². The average Bonchev–Trinajstić information content (AvgIpc) is 2.65. The summed E-state index contributed by atoms with van der Waals surface area (Å²) in [5.74, 6) is 0.746. The van der Waals surface area contributed by atoms with Crippen LogP contribution < -0.4 is 14.8 Å². The van der Waals surface area contributed by atoms with Crippen molar-refractivity contribution in [2.75, 3.05) is 28.3 Å². The van der Waals surface area contributed by atoms with Crippen LogP contribution in [0, 0.1) is 0 Å². The molecule has 0 aliphatic rings. The van der Waals surface area contributed by atoms with Gasteiger partial charge in [-0.2, -0.15) is 0 Å². The molecule has 2 aromatic carbocycles.